The van der Waals surface area contributed by atoms with Crippen molar-refractivity contribution in [3.63, 3.8) is 0 Å². The summed E-state index contributed by atoms with van der Waals surface area (Å²) in [6.07, 6.45) is 2.44. The summed E-state index contributed by atoms with van der Waals surface area (Å²) in [6.45, 7) is 10.9. The molecule has 0 bridgehead atoms. The number of anilines is 1. The SMILES string of the molecule is Cc1cc(C)c(C#N)c(N2CCCC(CN3CCOCC3)C2)n1. The second kappa shape index (κ2) is 7.29. The quantitative estimate of drug-likeness (QED) is 0.855. The monoisotopic (exact) mass is 314 g/mol. The molecule has 23 heavy (non-hydrogen) atoms. The summed E-state index contributed by atoms with van der Waals surface area (Å²) in [7, 11) is 0. The largest absolute Gasteiger partial charge is 0.379 e. The number of aryl methyl sites for hydroxylation is 2. The zero-order valence-electron chi connectivity index (χ0n) is 14.2. The van der Waals surface area contributed by atoms with E-state index in [-0.39, 0.29) is 0 Å². The van der Waals surface area contributed by atoms with Gasteiger partial charge >= 0.3 is 0 Å². The van der Waals surface area contributed by atoms with Gasteiger partial charge in [-0.3, -0.25) is 4.90 Å². The van der Waals surface area contributed by atoms with Gasteiger partial charge in [-0.2, -0.15) is 5.26 Å². The van der Waals surface area contributed by atoms with Crippen LogP contribution in [0.2, 0.25) is 0 Å². The molecule has 0 N–H and O–H groups in total. The maximum Gasteiger partial charge on any atom is 0.147 e. The van der Waals surface area contributed by atoms with Gasteiger partial charge in [-0.1, -0.05) is 0 Å². The number of aromatic nitrogens is 1. The molecule has 0 amide bonds. The molecule has 2 saturated heterocycles. The van der Waals surface area contributed by atoms with Crippen LogP contribution in [0.3, 0.4) is 0 Å². The van der Waals surface area contributed by atoms with Crippen LogP contribution >= 0.6 is 0 Å². The molecule has 0 spiro atoms. The molecule has 124 valence electrons. The molecule has 3 heterocycles. The third-order valence-electron chi connectivity index (χ3n) is 4.88. The Bertz CT molecular complexity index is 589. The molecule has 0 radical (unpaired) electrons. The Morgan fingerprint density at radius 1 is 1.30 bits per heavy atom. The Hall–Kier alpha value is -1.64. The Morgan fingerprint density at radius 3 is 2.83 bits per heavy atom. The van der Waals surface area contributed by atoms with Gasteiger partial charge in [0.1, 0.15) is 11.9 Å². The van der Waals surface area contributed by atoms with Crippen molar-refractivity contribution in [1.82, 2.24) is 9.88 Å². The van der Waals surface area contributed by atoms with Crippen LogP contribution < -0.4 is 4.90 Å². The van der Waals surface area contributed by atoms with E-state index in [1.54, 1.807) is 0 Å². The van der Waals surface area contributed by atoms with Crippen LogP contribution in [-0.4, -0.2) is 55.8 Å². The van der Waals surface area contributed by atoms with E-state index >= 15 is 0 Å². The third-order valence-corrected chi connectivity index (χ3v) is 4.88. The van der Waals surface area contributed by atoms with Gasteiger partial charge in [0.25, 0.3) is 0 Å². The van der Waals surface area contributed by atoms with E-state index in [1.807, 2.05) is 19.9 Å². The maximum absolute atomic E-state index is 9.51. The molecule has 2 aliphatic rings. The highest BCUT2D eigenvalue weighted by Crippen LogP contribution is 2.27. The smallest absolute Gasteiger partial charge is 0.147 e. The zero-order valence-corrected chi connectivity index (χ0v) is 14.2. The lowest BCUT2D eigenvalue weighted by Crippen LogP contribution is -2.45. The van der Waals surface area contributed by atoms with Crippen LogP contribution in [0.1, 0.15) is 29.7 Å². The standard InChI is InChI=1S/C18H26N4O/c1-14-10-15(2)20-18(17(14)11-19)22-5-3-4-16(13-22)12-21-6-8-23-9-7-21/h10,16H,3-9,12-13H2,1-2H3. The normalized spacial score (nSPS) is 22.8. The fourth-order valence-corrected chi connectivity index (χ4v) is 3.74. The number of pyridine rings is 1. The van der Waals surface area contributed by atoms with Crippen LogP contribution in [0, 0.1) is 31.1 Å². The summed E-state index contributed by atoms with van der Waals surface area (Å²) in [6, 6.07) is 4.35. The van der Waals surface area contributed by atoms with Crippen molar-refractivity contribution in [2.75, 3.05) is 50.8 Å². The minimum absolute atomic E-state index is 0.649. The number of nitrogens with zero attached hydrogens (tertiary/aromatic N) is 4. The number of piperidine rings is 1. The number of nitriles is 1. The summed E-state index contributed by atoms with van der Waals surface area (Å²) >= 11 is 0. The van der Waals surface area contributed by atoms with Crippen LogP contribution in [0.4, 0.5) is 5.82 Å². The molecule has 1 aromatic rings. The number of rotatable bonds is 3. The number of morpholine rings is 1. The number of ether oxygens (including phenoxy) is 1. The van der Waals surface area contributed by atoms with Crippen LogP contribution in [-0.2, 0) is 4.74 Å². The minimum atomic E-state index is 0.649. The predicted molar refractivity (Wildman–Crippen MR) is 90.6 cm³/mol. The Morgan fingerprint density at radius 2 is 2.09 bits per heavy atom. The first-order valence-electron chi connectivity index (χ1n) is 8.61. The van der Waals surface area contributed by atoms with Gasteiger partial charge in [-0.15, -0.1) is 0 Å². The van der Waals surface area contributed by atoms with E-state index in [4.69, 9.17) is 4.74 Å². The van der Waals surface area contributed by atoms with E-state index < -0.39 is 0 Å². The van der Waals surface area contributed by atoms with Crippen molar-refractivity contribution in [1.29, 1.82) is 5.26 Å². The molecular formula is C18H26N4O. The summed E-state index contributed by atoms with van der Waals surface area (Å²) in [4.78, 5) is 9.52. The second-order valence-electron chi connectivity index (χ2n) is 6.76. The van der Waals surface area contributed by atoms with Crippen molar-refractivity contribution in [2.45, 2.75) is 26.7 Å². The highest BCUT2D eigenvalue weighted by Gasteiger charge is 2.25. The first kappa shape index (κ1) is 16.2. The number of hydrogen-bond donors (Lipinski definition) is 0. The first-order valence-corrected chi connectivity index (χ1v) is 8.61. The molecule has 1 atom stereocenters. The second-order valence-corrected chi connectivity index (χ2v) is 6.76. The molecule has 0 saturated carbocycles. The molecule has 2 aliphatic heterocycles. The molecule has 1 unspecified atom stereocenters. The zero-order chi connectivity index (χ0) is 16.2. The lowest BCUT2D eigenvalue weighted by Gasteiger charge is -2.37. The van der Waals surface area contributed by atoms with Crippen molar-refractivity contribution in [3.05, 3.63) is 22.9 Å². The van der Waals surface area contributed by atoms with Gasteiger partial charge in [0.15, 0.2) is 0 Å². The van der Waals surface area contributed by atoms with Crippen LogP contribution in [0.15, 0.2) is 6.07 Å². The van der Waals surface area contributed by atoms with E-state index in [0.29, 0.717) is 5.92 Å². The highest BCUT2D eigenvalue weighted by atomic mass is 16.5. The van der Waals surface area contributed by atoms with E-state index in [1.165, 1.54) is 12.8 Å². The van der Waals surface area contributed by atoms with Gasteiger partial charge in [0.05, 0.1) is 18.8 Å². The molecule has 5 nitrogen and oxygen atoms in total. The van der Waals surface area contributed by atoms with E-state index in [9.17, 15) is 5.26 Å². The van der Waals surface area contributed by atoms with Crippen molar-refractivity contribution in [3.8, 4) is 6.07 Å². The van der Waals surface area contributed by atoms with Crippen LogP contribution in [0.25, 0.3) is 0 Å². The van der Waals surface area contributed by atoms with Gasteiger partial charge in [0.2, 0.25) is 0 Å². The van der Waals surface area contributed by atoms with Gasteiger partial charge in [-0.25, -0.2) is 4.98 Å². The molecule has 2 fully saturated rings. The Kier molecular flexibility index (Phi) is 5.14. The lowest BCUT2D eigenvalue weighted by molar-refractivity contribution is 0.0296. The molecular weight excluding hydrogens is 288 g/mol. The van der Waals surface area contributed by atoms with E-state index in [2.05, 4.69) is 20.9 Å². The third kappa shape index (κ3) is 3.82. The Labute approximate surface area is 138 Å². The topological polar surface area (TPSA) is 52.4 Å². The van der Waals surface area contributed by atoms with Crippen molar-refractivity contribution in [2.24, 2.45) is 5.92 Å². The minimum Gasteiger partial charge on any atom is -0.379 e. The Balaban J connectivity index is 1.72. The fourth-order valence-electron chi connectivity index (χ4n) is 3.74. The summed E-state index contributed by atoms with van der Waals surface area (Å²) in [5, 5.41) is 9.51. The van der Waals surface area contributed by atoms with Crippen molar-refractivity contribution < 1.29 is 4.74 Å². The number of hydrogen-bond acceptors (Lipinski definition) is 5. The molecule has 1 aromatic heterocycles. The van der Waals surface area contributed by atoms with Crippen molar-refractivity contribution >= 4 is 5.82 Å². The summed E-state index contributed by atoms with van der Waals surface area (Å²) in [5.41, 5.74) is 2.76. The van der Waals surface area contributed by atoms with Gasteiger partial charge in [-0.05, 0) is 44.2 Å². The average molecular weight is 314 g/mol. The summed E-state index contributed by atoms with van der Waals surface area (Å²) < 4.78 is 5.44. The average Bonchev–Trinajstić information content (AvgIpc) is 2.55. The lowest BCUT2D eigenvalue weighted by atomic mass is 9.96. The van der Waals surface area contributed by atoms with Gasteiger partial charge < -0.3 is 9.64 Å². The summed E-state index contributed by atoms with van der Waals surface area (Å²) in [5.74, 6) is 1.53. The molecule has 3 rings (SSSR count). The molecule has 0 aromatic carbocycles. The van der Waals surface area contributed by atoms with E-state index in [0.717, 1.165) is 68.6 Å². The maximum atomic E-state index is 9.51. The molecule has 5 heteroatoms. The predicted octanol–water partition coefficient (Wildman–Crippen LogP) is 2.12. The fraction of sp³-hybridized carbons (Fsp3) is 0.667. The highest BCUT2D eigenvalue weighted by molar-refractivity contribution is 5.58. The first-order chi connectivity index (χ1) is 11.2. The van der Waals surface area contributed by atoms with Gasteiger partial charge in [0, 0.05) is 38.4 Å². The molecule has 0 aliphatic carbocycles. The van der Waals surface area contributed by atoms with Crippen LogP contribution in [0.5, 0.6) is 0 Å².